The van der Waals surface area contributed by atoms with Crippen molar-refractivity contribution in [2.45, 2.75) is 52.0 Å². The zero-order valence-corrected chi connectivity index (χ0v) is 13.8. The number of hydrogen-bond acceptors (Lipinski definition) is 4. The molecule has 1 saturated heterocycles. The Morgan fingerprint density at radius 2 is 2.00 bits per heavy atom. The summed E-state index contributed by atoms with van der Waals surface area (Å²) in [6, 6.07) is 7.17. The lowest BCUT2D eigenvalue weighted by Gasteiger charge is -2.25. The van der Waals surface area contributed by atoms with Crippen LogP contribution in [0.5, 0.6) is 0 Å². The summed E-state index contributed by atoms with van der Waals surface area (Å²) in [6.07, 6.45) is 4.74. The molecule has 3 rings (SSSR count). The lowest BCUT2D eigenvalue weighted by Crippen LogP contribution is -2.33. The second-order valence-electron chi connectivity index (χ2n) is 6.04. The van der Waals surface area contributed by atoms with E-state index in [9.17, 15) is 4.39 Å². The molecule has 2 aromatic rings. The normalized spacial score (nSPS) is 17.7. The van der Waals surface area contributed by atoms with Crippen LogP contribution < -0.4 is 4.90 Å². The van der Waals surface area contributed by atoms with Gasteiger partial charge in [-0.2, -0.15) is 5.10 Å². The molecule has 2 heterocycles. The van der Waals surface area contributed by atoms with Crippen molar-refractivity contribution in [2.24, 2.45) is 0 Å². The largest absolute Gasteiger partial charge is 0.336 e. The zero-order chi connectivity index (χ0) is 16.2. The number of rotatable bonds is 5. The van der Waals surface area contributed by atoms with Gasteiger partial charge in [0.1, 0.15) is 5.82 Å². The Labute approximate surface area is 136 Å². The molecule has 0 aliphatic carbocycles. The number of nitrogens with zero attached hydrogens (tertiary/aromatic N) is 4. The van der Waals surface area contributed by atoms with Gasteiger partial charge in [0.05, 0.1) is 11.4 Å². The summed E-state index contributed by atoms with van der Waals surface area (Å²) in [5.74, 6) is 0.545. The first-order valence-electron chi connectivity index (χ1n) is 8.44. The van der Waals surface area contributed by atoms with Gasteiger partial charge in [0.25, 0.3) is 0 Å². The summed E-state index contributed by atoms with van der Waals surface area (Å²) < 4.78 is 13.4. The summed E-state index contributed by atoms with van der Waals surface area (Å²) in [5.41, 5.74) is 3.04. The fraction of sp³-hybridized carbons (Fsp3) is 0.500. The van der Waals surface area contributed by atoms with E-state index < -0.39 is 0 Å². The first kappa shape index (κ1) is 15.8. The highest BCUT2D eigenvalue weighted by Crippen LogP contribution is 2.25. The van der Waals surface area contributed by atoms with E-state index in [1.807, 2.05) is 6.07 Å². The van der Waals surface area contributed by atoms with E-state index >= 15 is 0 Å². The number of halogens is 1. The molecule has 0 N–H and O–H groups in total. The second kappa shape index (κ2) is 7.02. The van der Waals surface area contributed by atoms with E-state index in [1.54, 1.807) is 12.1 Å². The maximum Gasteiger partial charge on any atom is 0.245 e. The van der Waals surface area contributed by atoms with Gasteiger partial charge in [-0.25, -0.2) is 9.37 Å². The van der Waals surface area contributed by atoms with Gasteiger partial charge in [0, 0.05) is 12.6 Å². The highest BCUT2D eigenvalue weighted by Gasteiger charge is 2.27. The van der Waals surface area contributed by atoms with Crippen LogP contribution in [0.2, 0.25) is 0 Å². The fourth-order valence-corrected chi connectivity index (χ4v) is 3.30. The Hall–Kier alpha value is -2.04. The average Bonchev–Trinajstić information content (AvgIpc) is 3.02. The van der Waals surface area contributed by atoms with Gasteiger partial charge < -0.3 is 4.90 Å². The Bertz CT molecular complexity index is 674. The van der Waals surface area contributed by atoms with Crippen molar-refractivity contribution < 1.29 is 4.39 Å². The predicted octanol–water partition coefficient (Wildman–Crippen LogP) is 3.35. The highest BCUT2D eigenvalue weighted by atomic mass is 19.1. The molecule has 1 unspecified atom stereocenters. The van der Waals surface area contributed by atoms with Crippen LogP contribution in [0.3, 0.4) is 0 Å². The van der Waals surface area contributed by atoms with Crippen molar-refractivity contribution >= 4 is 5.95 Å². The van der Waals surface area contributed by atoms with Crippen LogP contribution in [0, 0.1) is 5.82 Å². The molecule has 1 fully saturated rings. The maximum absolute atomic E-state index is 13.4. The SMILES string of the molecule is CCc1nnc(N2CCCC2Cc2cccc(F)c2)nc1CC. The molecule has 0 saturated carbocycles. The quantitative estimate of drug-likeness (QED) is 0.849. The molecule has 122 valence electrons. The molecule has 1 aromatic carbocycles. The van der Waals surface area contributed by atoms with Gasteiger partial charge in [0.2, 0.25) is 5.95 Å². The van der Waals surface area contributed by atoms with E-state index in [4.69, 9.17) is 4.98 Å². The molecule has 1 aliphatic heterocycles. The van der Waals surface area contributed by atoms with E-state index in [0.29, 0.717) is 6.04 Å². The Morgan fingerprint density at radius 1 is 1.17 bits per heavy atom. The standard InChI is InChI=1S/C18H23FN4/c1-3-16-17(4-2)21-22-18(20-16)23-10-6-9-15(23)12-13-7-5-8-14(19)11-13/h5,7-8,11,15H,3-4,6,9-10,12H2,1-2H3. The molecule has 0 bridgehead atoms. The van der Waals surface area contributed by atoms with Gasteiger partial charge in [-0.3, -0.25) is 0 Å². The molecule has 0 spiro atoms. The Balaban J connectivity index is 1.81. The average molecular weight is 314 g/mol. The van der Waals surface area contributed by atoms with E-state index in [0.717, 1.165) is 61.5 Å². The van der Waals surface area contributed by atoms with Gasteiger partial charge in [-0.15, -0.1) is 5.10 Å². The summed E-state index contributed by atoms with van der Waals surface area (Å²) in [4.78, 5) is 6.96. The summed E-state index contributed by atoms with van der Waals surface area (Å²) in [5, 5.41) is 8.69. The first-order chi connectivity index (χ1) is 11.2. The minimum absolute atomic E-state index is 0.175. The van der Waals surface area contributed by atoms with Crippen molar-refractivity contribution in [3.8, 4) is 0 Å². The summed E-state index contributed by atoms with van der Waals surface area (Å²) >= 11 is 0. The number of aromatic nitrogens is 3. The molecule has 23 heavy (non-hydrogen) atoms. The third-order valence-electron chi connectivity index (χ3n) is 4.49. The highest BCUT2D eigenvalue weighted by molar-refractivity contribution is 5.35. The molecule has 4 nitrogen and oxygen atoms in total. The van der Waals surface area contributed by atoms with Gasteiger partial charge in [-0.1, -0.05) is 26.0 Å². The first-order valence-corrected chi connectivity index (χ1v) is 8.44. The number of anilines is 1. The van der Waals surface area contributed by atoms with Crippen LogP contribution in [-0.2, 0) is 19.3 Å². The monoisotopic (exact) mass is 314 g/mol. The molecular formula is C18H23FN4. The zero-order valence-electron chi connectivity index (χ0n) is 13.8. The lowest BCUT2D eigenvalue weighted by molar-refractivity contribution is 0.614. The third-order valence-corrected chi connectivity index (χ3v) is 4.49. The van der Waals surface area contributed by atoms with Crippen molar-refractivity contribution in [1.29, 1.82) is 0 Å². The molecule has 1 aliphatic rings. The van der Waals surface area contributed by atoms with Crippen molar-refractivity contribution in [2.75, 3.05) is 11.4 Å². The predicted molar refractivity (Wildman–Crippen MR) is 89.1 cm³/mol. The summed E-state index contributed by atoms with van der Waals surface area (Å²) in [7, 11) is 0. The molecule has 0 amide bonds. The van der Waals surface area contributed by atoms with Crippen LogP contribution >= 0.6 is 0 Å². The van der Waals surface area contributed by atoms with Crippen LogP contribution in [-0.4, -0.2) is 27.8 Å². The molecular weight excluding hydrogens is 291 g/mol. The second-order valence-corrected chi connectivity index (χ2v) is 6.04. The van der Waals surface area contributed by atoms with E-state index in [-0.39, 0.29) is 5.82 Å². The van der Waals surface area contributed by atoms with Gasteiger partial charge >= 0.3 is 0 Å². The van der Waals surface area contributed by atoms with Crippen LogP contribution in [0.1, 0.15) is 43.6 Å². The van der Waals surface area contributed by atoms with Crippen molar-refractivity contribution in [1.82, 2.24) is 15.2 Å². The summed E-state index contributed by atoms with van der Waals surface area (Å²) in [6.45, 7) is 5.12. The Kier molecular flexibility index (Phi) is 4.84. The van der Waals surface area contributed by atoms with Crippen LogP contribution in [0.4, 0.5) is 10.3 Å². The van der Waals surface area contributed by atoms with E-state index in [2.05, 4.69) is 28.9 Å². The number of aryl methyl sites for hydroxylation is 2. The Morgan fingerprint density at radius 3 is 2.74 bits per heavy atom. The minimum atomic E-state index is -0.175. The molecule has 5 heteroatoms. The van der Waals surface area contributed by atoms with E-state index in [1.165, 1.54) is 6.07 Å². The van der Waals surface area contributed by atoms with Gasteiger partial charge in [-0.05, 0) is 49.8 Å². The van der Waals surface area contributed by atoms with Crippen molar-refractivity contribution in [3.05, 3.63) is 47.0 Å². The fourth-order valence-electron chi connectivity index (χ4n) is 3.30. The van der Waals surface area contributed by atoms with Crippen LogP contribution in [0.15, 0.2) is 24.3 Å². The van der Waals surface area contributed by atoms with Gasteiger partial charge in [0.15, 0.2) is 0 Å². The third kappa shape index (κ3) is 3.49. The smallest absolute Gasteiger partial charge is 0.245 e. The number of benzene rings is 1. The minimum Gasteiger partial charge on any atom is -0.336 e. The molecule has 0 radical (unpaired) electrons. The van der Waals surface area contributed by atoms with Crippen LogP contribution in [0.25, 0.3) is 0 Å². The lowest BCUT2D eigenvalue weighted by atomic mass is 10.0. The van der Waals surface area contributed by atoms with Crippen molar-refractivity contribution in [3.63, 3.8) is 0 Å². The molecule has 1 atom stereocenters. The number of hydrogen-bond donors (Lipinski definition) is 0. The topological polar surface area (TPSA) is 41.9 Å². The maximum atomic E-state index is 13.4. The molecule has 1 aromatic heterocycles.